The van der Waals surface area contributed by atoms with Crippen LogP contribution < -0.4 is 0 Å². The Hall–Kier alpha value is -0.900. The van der Waals surface area contributed by atoms with Crippen molar-refractivity contribution < 1.29 is 9.13 Å². The molecule has 67 valence electrons. The van der Waals surface area contributed by atoms with Gasteiger partial charge in [-0.1, -0.05) is 22.0 Å². The molecule has 2 nitrogen and oxygen atoms in total. The molecule has 0 spiro atoms. The molecule has 13 heavy (non-hydrogen) atoms. The Morgan fingerprint density at radius 3 is 3.08 bits per heavy atom. The number of nitrogens with zero attached hydrogens (tertiary/aromatic N) is 1. The Balaban J connectivity index is 2.34. The van der Waals surface area contributed by atoms with Gasteiger partial charge >= 0.3 is 0 Å². The zero-order chi connectivity index (χ0) is 9.26. The van der Waals surface area contributed by atoms with E-state index in [1.807, 2.05) is 0 Å². The first-order valence-electron chi connectivity index (χ1n) is 3.79. The maximum absolute atomic E-state index is 13.3. The fraction of sp³-hybridized carbons (Fsp3) is 0.222. The van der Waals surface area contributed by atoms with Crippen LogP contribution in [0.1, 0.15) is 11.6 Å². The van der Waals surface area contributed by atoms with Gasteiger partial charge in [0.2, 0.25) is 0 Å². The molecule has 2 rings (SSSR count). The molecule has 0 saturated heterocycles. The standard InChI is InChI=1S/C9H6BrFNO/c10-6-1-2-7(8(11)3-6)9-4-13-5-12-9/h1-3,9H,4H2. The molecule has 1 aliphatic rings. The summed E-state index contributed by atoms with van der Waals surface area (Å²) in [6.07, 6.45) is 2.36. The van der Waals surface area contributed by atoms with Crippen molar-refractivity contribution in [2.75, 3.05) is 6.61 Å². The van der Waals surface area contributed by atoms with Crippen molar-refractivity contribution >= 4 is 22.3 Å². The highest BCUT2D eigenvalue weighted by Gasteiger charge is 2.18. The van der Waals surface area contributed by atoms with Crippen molar-refractivity contribution in [2.45, 2.75) is 6.04 Å². The molecule has 0 fully saturated rings. The fourth-order valence-corrected chi connectivity index (χ4v) is 1.52. The van der Waals surface area contributed by atoms with E-state index in [0.717, 1.165) is 4.47 Å². The lowest BCUT2D eigenvalue weighted by molar-refractivity contribution is 0.327. The van der Waals surface area contributed by atoms with Gasteiger partial charge in [0, 0.05) is 10.0 Å². The van der Waals surface area contributed by atoms with Gasteiger partial charge in [-0.05, 0) is 12.1 Å². The molecule has 1 unspecified atom stereocenters. The zero-order valence-electron chi connectivity index (χ0n) is 6.63. The largest absolute Gasteiger partial charge is 0.471 e. The number of ether oxygens (including phenoxy) is 1. The van der Waals surface area contributed by atoms with Crippen LogP contribution in [0.15, 0.2) is 27.7 Å². The van der Waals surface area contributed by atoms with Crippen molar-refractivity contribution in [1.29, 1.82) is 0 Å². The lowest BCUT2D eigenvalue weighted by Crippen LogP contribution is -2.00. The minimum atomic E-state index is -0.268. The molecule has 1 aromatic rings. The first-order valence-corrected chi connectivity index (χ1v) is 4.58. The predicted molar refractivity (Wildman–Crippen MR) is 50.2 cm³/mol. The normalized spacial score (nSPS) is 20.3. The molecule has 1 heterocycles. The van der Waals surface area contributed by atoms with Crippen molar-refractivity contribution in [2.24, 2.45) is 4.99 Å². The van der Waals surface area contributed by atoms with E-state index in [4.69, 9.17) is 4.74 Å². The van der Waals surface area contributed by atoms with Gasteiger partial charge < -0.3 is 4.74 Å². The molecule has 1 radical (unpaired) electrons. The molecule has 0 amide bonds. The average Bonchev–Trinajstić information content (AvgIpc) is 2.56. The lowest BCUT2D eigenvalue weighted by Gasteiger charge is -2.06. The zero-order valence-corrected chi connectivity index (χ0v) is 8.21. The summed E-state index contributed by atoms with van der Waals surface area (Å²) >= 11 is 3.19. The van der Waals surface area contributed by atoms with E-state index in [1.54, 1.807) is 12.1 Å². The fourth-order valence-electron chi connectivity index (χ4n) is 1.19. The van der Waals surface area contributed by atoms with Crippen LogP contribution >= 0.6 is 15.9 Å². The van der Waals surface area contributed by atoms with Crippen LogP contribution in [0.2, 0.25) is 0 Å². The van der Waals surface area contributed by atoms with Crippen LogP contribution in [0.25, 0.3) is 0 Å². The smallest absolute Gasteiger partial charge is 0.273 e. The van der Waals surface area contributed by atoms with Gasteiger partial charge in [0.25, 0.3) is 6.40 Å². The van der Waals surface area contributed by atoms with E-state index in [2.05, 4.69) is 27.3 Å². The van der Waals surface area contributed by atoms with Crippen LogP contribution in [0.4, 0.5) is 4.39 Å². The molecule has 4 heteroatoms. The Labute approximate surface area is 83.6 Å². The number of halogens is 2. The van der Waals surface area contributed by atoms with Crippen LogP contribution in [-0.4, -0.2) is 13.0 Å². The second-order valence-corrected chi connectivity index (χ2v) is 3.63. The van der Waals surface area contributed by atoms with E-state index in [0.29, 0.717) is 12.2 Å². The van der Waals surface area contributed by atoms with Gasteiger partial charge in [0.15, 0.2) is 0 Å². The third-order valence-corrected chi connectivity index (χ3v) is 2.33. The van der Waals surface area contributed by atoms with Crippen LogP contribution in [0, 0.1) is 5.82 Å². The Bertz CT molecular complexity index is 353. The molecule has 1 aromatic carbocycles. The Morgan fingerprint density at radius 1 is 1.62 bits per heavy atom. The molecule has 0 bridgehead atoms. The van der Waals surface area contributed by atoms with Gasteiger partial charge in [-0.25, -0.2) is 9.38 Å². The molecular weight excluding hydrogens is 237 g/mol. The maximum Gasteiger partial charge on any atom is 0.273 e. The lowest BCUT2D eigenvalue weighted by atomic mass is 10.1. The third kappa shape index (κ3) is 1.72. The van der Waals surface area contributed by atoms with Gasteiger partial charge in [-0.2, -0.15) is 0 Å². The minimum Gasteiger partial charge on any atom is -0.471 e. The summed E-state index contributed by atoms with van der Waals surface area (Å²) in [6.45, 7) is 0.374. The molecule has 1 atom stereocenters. The molecule has 0 N–H and O–H groups in total. The number of rotatable bonds is 1. The second kappa shape index (κ2) is 3.46. The predicted octanol–water partition coefficient (Wildman–Crippen LogP) is 2.56. The average molecular weight is 243 g/mol. The summed E-state index contributed by atoms with van der Waals surface area (Å²) in [5, 5.41) is 0. The number of aliphatic imine (C=N–C) groups is 1. The minimum absolute atomic E-state index is 0.243. The van der Waals surface area contributed by atoms with Crippen molar-refractivity contribution in [3.63, 3.8) is 0 Å². The van der Waals surface area contributed by atoms with Crippen molar-refractivity contribution in [3.05, 3.63) is 34.1 Å². The van der Waals surface area contributed by atoms with Gasteiger partial charge in [-0.15, -0.1) is 0 Å². The Morgan fingerprint density at radius 2 is 2.46 bits per heavy atom. The highest BCUT2D eigenvalue weighted by molar-refractivity contribution is 9.10. The highest BCUT2D eigenvalue weighted by atomic mass is 79.9. The SMILES string of the molecule is Fc1cc(Br)ccc1C1CO[C]=N1. The number of hydrogen-bond acceptors (Lipinski definition) is 2. The van der Waals surface area contributed by atoms with Crippen LogP contribution in [-0.2, 0) is 4.74 Å². The Kier molecular flexibility index (Phi) is 2.31. The van der Waals surface area contributed by atoms with E-state index in [-0.39, 0.29) is 11.9 Å². The third-order valence-electron chi connectivity index (χ3n) is 1.84. The molecule has 0 saturated carbocycles. The maximum atomic E-state index is 13.3. The molecule has 0 aromatic heterocycles. The summed E-state index contributed by atoms with van der Waals surface area (Å²) < 4.78 is 18.9. The van der Waals surface area contributed by atoms with E-state index >= 15 is 0 Å². The van der Waals surface area contributed by atoms with E-state index in [1.165, 1.54) is 6.07 Å². The van der Waals surface area contributed by atoms with Crippen LogP contribution in [0.3, 0.4) is 0 Å². The van der Waals surface area contributed by atoms with Gasteiger partial charge in [0.1, 0.15) is 18.5 Å². The monoisotopic (exact) mass is 242 g/mol. The van der Waals surface area contributed by atoms with Crippen molar-refractivity contribution in [1.82, 2.24) is 0 Å². The first-order chi connectivity index (χ1) is 6.27. The summed E-state index contributed by atoms with van der Waals surface area (Å²) in [6, 6.07) is 4.66. The summed E-state index contributed by atoms with van der Waals surface area (Å²) in [5.41, 5.74) is 0.549. The summed E-state index contributed by atoms with van der Waals surface area (Å²) in [5.74, 6) is -0.268. The number of benzene rings is 1. The van der Waals surface area contributed by atoms with E-state index in [9.17, 15) is 4.39 Å². The molecule has 0 aliphatic carbocycles. The van der Waals surface area contributed by atoms with Gasteiger partial charge in [0.05, 0.1) is 0 Å². The second-order valence-electron chi connectivity index (χ2n) is 2.71. The quantitative estimate of drug-likeness (QED) is 0.742. The van der Waals surface area contributed by atoms with Crippen molar-refractivity contribution in [3.8, 4) is 0 Å². The highest BCUT2D eigenvalue weighted by Crippen LogP contribution is 2.25. The first kappa shape index (κ1) is 8.69. The topological polar surface area (TPSA) is 21.6 Å². The summed E-state index contributed by atoms with van der Waals surface area (Å²) in [7, 11) is 0. The number of hydrogen-bond donors (Lipinski definition) is 0. The van der Waals surface area contributed by atoms with Crippen LogP contribution in [0.5, 0.6) is 0 Å². The molecule has 1 aliphatic heterocycles. The molecular formula is C9H6BrFNO. The summed E-state index contributed by atoms with van der Waals surface area (Å²) in [4.78, 5) is 3.87. The van der Waals surface area contributed by atoms with Gasteiger partial charge in [-0.3, -0.25) is 0 Å². The van der Waals surface area contributed by atoms with E-state index < -0.39 is 0 Å².